The van der Waals surface area contributed by atoms with Crippen molar-refractivity contribution in [3.8, 4) is 0 Å². The number of para-hydroxylation sites is 2. The van der Waals surface area contributed by atoms with Crippen molar-refractivity contribution in [2.24, 2.45) is 0 Å². The second kappa shape index (κ2) is 18.1. The van der Waals surface area contributed by atoms with E-state index in [1.54, 1.807) is 24.3 Å². The third kappa shape index (κ3) is 11.0. The Morgan fingerprint density at radius 2 is 1.36 bits per heavy atom. The van der Waals surface area contributed by atoms with Crippen molar-refractivity contribution in [1.29, 1.82) is 0 Å². The number of fused-ring (bicyclic) bond motifs is 1. The molecule has 0 aliphatic heterocycles. The zero-order chi connectivity index (χ0) is 27.7. The first kappa shape index (κ1) is 31.2. The third-order valence-electron chi connectivity index (χ3n) is 7.74. The molecule has 1 aromatic heterocycles. The summed E-state index contributed by atoms with van der Waals surface area (Å²) in [7, 11) is 0. The lowest BCUT2D eigenvalue weighted by Crippen LogP contribution is -2.28. The van der Waals surface area contributed by atoms with E-state index in [2.05, 4.69) is 35.0 Å². The summed E-state index contributed by atoms with van der Waals surface area (Å²) in [6.07, 6.45) is 21.9. The molecule has 0 radical (unpaired) electrons. The summed E-state index contributed by atoms with van der Waals surface area (Å²) in [5.74, 6) is 0.776. The highest BCUT2D eigenvalue weighted by molar-refractivity contribution is 6.30. The smallest absolute Gasteiger partial charge is 0.251 e. The number of rotatable bonds is 20. The van der Waals surface area contributed by atoms with E-state index < -0.39 is 0 Å². The van der Waals surface area contributed by atoms with Gasteiger partial charge in [0.25, 0.3) is 5.91 Å². The van der Waals surface area contributed by atoms with Crippen LogP contribution in [0.4, 0.5) is 0 Å². The molecule has 1 N–H and O–H groups in total. The van der Waals surface area contributed by atoms with Gasteiger partial charge in [0.2, 0.25) is 0 Å². The lowest BCUT2D eigenvalue weighted by atomic mass is 10.0. The van der Waals surface area contributed by atoms with E-state index in [9.17, 15) is 4.79 Å². The predicted octanol–water partition coefficient (Wildman–Crippen LogP) is 10.4. The van der Waals surface area contributed by atoms with E-state index in [0.29, 0.717) is 10.6 Å². The van der Waals surface area contributed by atoms with Crippen LogP contribution in [-0.4, -0.2) is 15.5 Å². The molecule has 0 saturated carbocycles. The van der Waals surface area contributed by atoms with Crippen LogP contribution >= 0.6 is 11.6 Å². The summed E-state index contributed by atoms with van der Waals surface area (Å²) in [6, 6.07) is 15.1. The Morgan fingerprint density at radius 1 is 0.795 bits per heavy atom. The highest BCUT2D eigenvalue weighted by Crippen LogP contribution is 2.23. The molecule has 0 aliphatic carbocycles. The van der Waals surface area contributed by atoms with Gasteiger partial charge in [-0.25, -0.2) is 4.98 Å². The van der Waals surface area contributed by atoms with Gasteiger partial charge in [-0.05, 0) is 43.7 Å². The Hall–Kier alpha value is -2.33. The van der Waals surface area contributed by atoms with Crippen LogP contribution in [-0.2, 0) is 6.54 Å². The van der Waals surface area contributed by atoms with Gasteiger partial charge in [-0.1, -0.05) is 133 Å². The molecule has 1 heterocycles. The maximum Gasteiger partial charge on any atom is 0.251 e. The molecule has 1 atom stereocenters. The number of benzene rings is 2. The molecule has 3 rings (SSSR count). The van der Waals surface area contributed by atoms with Crippen molar-refractivity contribution in [3.05, 3.63) is 64.9 Å². The maximum atomic E-state index is 12.8. The average molecular weight is 552 g/mol. The zero-order valence-electron chi connectivity index (χ0n) is 24.4. The van der Waals surface area contributed by atoms with E-state index >= 15 is 0 Å². The van der Waals surface area contributed by atoms with Gasteiger partial charge in [-0.3, -0.25) is 4.79 Å². The minimum Gasteiger partial charge on any atom is -0.342 e. The molecule has 1 unspecified atom stereocenters. The highest BCUT2D eigenvalue weighted by Gasteiger charge is 2.19. The average Bonchev–Trinajstić information content (AvgIpc) is 3.31. The number of hydrogen-bond donors (Lipinski definition) is 1. The number of aromatic nitrogens is 2. The van der Waals surface area contributed by atoms with Crippen molar-refractivity contribution >= 4 is 28.5 Å². The number of imidazole rings is 1. The fraction of sp³-hybridized carbons (Fsp3) is 0.588. The van der Waals surface area contributed by atoms with E-state index in [4.69, 9.17) is 16.6 Å². The van der Waals surface area contributed by atoms with Gasteiger partial charge in [0.1, 0.15) is 5.82 Å². The van der Waals surface area contributed by atoms with Crippen molar-refractivity contribution in [3.63, 3.8) is 0 Å². The Bertz CT molecular complexity index is 1110. The summed E-state index contributed by atoms with van der Waals surface area (Å²) < 4.78 is 2.29. The predicted molar refractivity (Wildman–Crippen MR) is 167 cm³/mol. The fourth-order valence-corrected chi connectivity index (χ4v) is 5.64. The van der Waals surface area contributed by atoms with Crippen molar-refractivity contribution in [1.82, 2.24) is 14.9 Å². The minimum absolute atomic E-state index is 0.133. The van der Waals surface area contributed by atoms with E-state index in [-0.39, 0.29) is 11.9 Å². The molecule has 0 spiro atoms. The normalized spacial score (nSPS) is 12.2. The van der Waals surface area contributed by atoms with Crippen LogP contribution < -0.4 is 5.32 Å². The molecule has 39 heavy (non-hydrogen) atoms. The van der Waals surface area contributed by atoms with Crippen LogP contribution in [0.1, 0.15) is 139 Å². The molecule has 1 amide bonds. The molecule has 0 bridgehead atoms. The summed E-state index contributed by atoms with van der Waals surface area (Å²) >= 11 is 6.08. The van der Waals surface area contributed by atoms with Gasteiger partial charge in [-0.15, -0.1) is 0 Å². The molecule has 5 heteroatoms. The van der Waals surface area contributed by atoms with Gasteiger partial charge in [0.15, 0.2) is 0 Å². The molecule has 4 nitrogen and oxygen atoms in total. The first-order chi connectivity index (χ1) is 19.1. The highest BCUT2D eigenvalue weighted by atomic mass is 35.5. The minimum atomic E-state index is -0.204. The van der Waals surface area contributed by atoms with E-state index in [1.807, 2.05) is 13.0 Å². The van der Waals surface area contributed by atoms with Crippen LogP contribution in [0.2, 0.25) is 5.02 Å². The number of nitrogens with zero attached hydrogens (tertiary/aromatic N) is 2. The van der Waals surface area contributed by atoms with Crippen LogP contribution in [0.15, 0.2) is 48.5 Å². The van der Waals surface area contributed by atoms with Gasteiger partial charge in [0, 0.05) is 17.1 Å². The first-order valence-electron chi connectivity index (χ1n) is 15.6. The quantitative estimate of drug-likeness (QED) is 0.142. The summed E-state index contributed by atoms with van der Waals surface area (Å²) in [5, 5.41) is 3.68. The second-order valence-electron chi connectivity index (χ2n) is 11.1. The Labute approximate surface area is 241 Å². The molecule has 214 valence electrons. The molecule has 3 aromatic rings. The zero-order valence-corrected chi connectivity index (χ0v) is 25.2. The second-order valence-corrected chi connectivity index (χ2v) is 11.6. The van der Waals surface area contributed by atoms with Crippen molar-refractivity contribution < 1.29 is 4.79 Å². The number of unbranched alkanes of at least 4 members (excludes halogenated alkanes) is 15. The van der Waals surface area contributed by atoms with Gasteiger partial charge in [-0.2, -0.15) is 0 Å². The van der Waals surface area contributed by atoms with Crippen molar-refractivity contribution in [2.75, 3.05) is 0 Å². The number of halogens is 1. The summed E-state index contributed by atoms with van der Waals surface area (Å²) in [6.45, 7) is 5.22. The van der Waals surface area contributed by atoms with Gasteiger partial charge >= 0.3 is 0 Å². The van der Waals surface area contributed by atoms with Crippen LogP contribution in [0, 0.1) is 0 Å². The maximum absolute atomic E-state index is 12.8. The largest absolute Gasteiger partial charge is 0.342 e. The summed E-state index contributed by atoms with van der Waals surface area (Å²) in [5.41, 5.74) is 2.68. The Kier molecular flexibility index (Phi) is 14.5. The van der Waals surface area contributed by atoms with E-state index in [0.717, 1.165) is 29.8 Å². The lowest BCUT2D eigenvalue weighted by Gasteiger charge is -2.16. The topological polar surface area (TPSA) is 46.9 Å². The van der Waals surface area contributed by atoms with Crippen LogP contribution in [0.5, 0.6) is 0 Å². The van der Waals surface area contributed by atoms with Crippen molar-refractivity contribution in [2.45, 2.75) is 129 Å². The van der Waals surface area contributed by atoms with Gasteiger partial charge < -0.3 is 9.88 Å². The third-order valence-corrected chi connectivity index (χ3v) is 7.98. The van der Waals surface area contributed by atoms with Crippen LogP contribution in [0.3, 0.4) is 0 Å². The number of carbonyl (C=O) groups is 1. The Morgan fingerprint density at radius 3 is 1.95 bits per heavy atom. The van der Waals surface area contributed by atoms with Gasteiger partial charge in [0.05, 0.1) is 17.1 Å². The number of hydrogen-bond acceptors (Lipinski definition) is 2. The molecule has 0 fully saturated rings. The van der Waals surface area contributed by atoms with E-state index in [1.165, 1.54) is 96.3 Å². The molecule has 0 aliphatic rings. The Balaban J connectivity index is 1.35. The SMILES string of the molecule is CCCCCCCCCCCCCCCCCCn1c(C(C)NC(=O)c2cccc(Cl)c2)nc2ccccc21. The van der Waals surface area contributed by atoms with Crippen LogP contribution in [0.25, 0.3) is 11.0 Å². The molecule has 2 aromatic carbocycles. The number of aryl methyl sites for hydroxylation is 1. The molecule has 0 saturated heterocycles. The standard InChI is InChI=1S/C34H50ClN3O/c1-3-4-5-6-7-8-9-10-11-12-13-14-15-16-17-20-26-38-32-25-19-18-24-31(32)37-33(38)28(2)36-34(39)29-22-21-23-30(35)27-29/h18-19,21-25,27-28H,3-17,20,26H2,1-2H3,(H,36,39). The monoisotopic (exact) mass is 551 g/mol. The number of carbonyl (C=O) groups excluding carboxylic acids is 1. The fourth-order valence-electron chi connectivity index (χ4n) is 5.45. The first-order valence-corrected chi connectivity index (χ1v) is 16.0. The molecular weight excluding hydrogens is 502 g/mol. The summed E-state index contributed by atoms with van der Waals surface area (Å²) in [4.78, 5) is 17.7. The number of amides is 1. The number of nitrogens with one attached hydrogen (secondary N) is 1. The lowest BCUT2D eigenvalue weighted by molar-refractivity contribution is 0.0937. The molecular formula is C34H50ClN3O.